The van der Waals surface area contributed by atoms with Crippen molar-refractivity contribution >= 4 is 23.3 Å². The third kappa shape index (κ3) is 2.98. The lowest BCUT2D eigenvalue weighted by Gasteiger charge is -2.12. The zero-order valence-electron chi connectivity index (χ0n) is 10.2. The van der Waals surface area contributed by atoms with Crippen LogP contribution >= 0.6 is 11.6 Å². The van der Waals surface area contributed by atoms with Gasteiger partial charge < -0.3 is 15.2 Å². The summed E-state index contributed by atoms with van der Waals surface area (Å²) < 4.78 is 10.3. The molecule has 0 radical (unpaired) electrons. The number of anilines is 1. The monoisotopic (exact) mass is 277 g/mol. The van der Waals surface area contributed by atoms with E-state index in [2.05, 4.69) is 0 Å². The van der Waals surface area contributed by atoms with E-state index in [0.29, 0.717) is 11.4 Å². The van der Waals surface area contributed by atoms with Gasteiger partial charge in [-0.1, -0.05) is 29.8 Å². The SMILES string of the molecule is COC(=O)c1cc(N)cc(Cl)c1Oc1ccccc1. The summed E-state index contributed by atoms with van der Waals surface area (Å²) in [6, 6.07) is 12.0. The Hall–Kier alpha value is -2.20. The summed E-state index contributed by atoms with van der Waals surface area (Å²) >= 11 is 6.07. The molecular formula is C14H12ClNO3. The molecule has 98 valence electrons. The van der Waals surface area contributed by atoms with Crippen LogP contribution in [0.4, 0.5) is 5.69 Å². The van der Waals surface area contributed by atoms with Crippen molar-refractivity contribution in [2.45, 2.75) is 0 Å². The molecule has 0 spiro atoms. The highest BCUT2D eigenvalue weighted by Gasteiger charge is 2.18. The molecule has 0 heterocycles. The summed E-state index contributed by atoms with van der Waals surface area (Å²) in [6.45, 7) is 0. The topological polar surface area (TPSA) is 61.5 Å². The summed E-state index contributed by atoms with van der Waals surface area (Å²) in [5.74, 6) is 0.244. The Morgan fingerprint density at radius 2 is 1.89 bits per heavy atom. The molecule has 0 atom stereocenters. The molecule has 2 N–H and O–H groups in total. The van der Waals surface area contributed by atoms with E-state index in [1.165, 1.54) is 19.2 Å². The number of hydrogen-bond donors (Lipinski definition) is 1. The normalized spacial score (nSPS) is 10.0. The number of para-hydroxylation sites is 1. The highest BCUT2D eigenvalue weighted by atomic mass is 35.5. The van der Waals surface area contributed by atoms with Crippen LogP contribution in [-0.4, -0.2) is 13.1 Å². The second-order valence-corrected chi connectivity index (χ2v) is 4.19. The molecular weight excluding hydrogens is 266 g/mol. The van der Waals surface area contributed by atoms with E-state index in [9.17, 15) is 4.79 Å². The lowest BCUT2D eigenvalue weighted by atomic mass is 10.1. The van der Waals surface area contributed by atoms with Crippen LogP contribution in [0.25, 0.3) is 0 Å². The van der Waals surface area contributed by atoms with Crippen molar-refractivity contribution in [1.29, 1.82) is 0 Å². The average Bonchev–Trinajstić information content (AvgIpc) is 2.42. The highest BCUT2D eigenvalue weighted by Crippen LogP contribution is 2.35. The van der Waals surface area contributed by atoms with Crippen molar-refractivity contribution in [3.05, 3.63) is 53.1 Å². The molecule has 0 bridgehead atoms. The van der Waals surface area contributed by atoms with Gasteiger partial charge in [0.05, 0.1) is 12.1 Å². The number of halogens is 1. The molecule has 0 aliphatic carbocycles. The van der Waals surface area contributed by atoms with Gasteiger partial charge in [-0.15, -0.1) is 0 Å². The van der Waals surface area contributed by atoms with Crippen molar-refractivity contribution in [2.24, 2.45) is 0 Å². The van der Waals surface area contributed by atoms with Gasteiger partial charge in [0.25, 0.3) is 0 Å². The van der Waals surface area contributed by atoms with Gasteiger partial charge in [-0.3, -0.25) is 0 Å². The number of esters is 1. The van der Waals surface area contributed by atoms with Crippen LogP contribution in [-0.2, 0) is 4.74 Å². The van der Waals surface area contributed by atoms with E-state index in [0.717, 1.165) is 0 Å². The van der Waals surface area contributed by atoms with Crippen molar-refractivity contribution in [3.63, 3.8) is 0 Å². The fourth-order valence-corrected chi connectivity index (χ4v) is 1.85. The average molecular weight is 278 g/mol. The van der Waals surface area contributed by atoms with Gasteiger partial charge in [-0.05, 0) is 24.3 Å². The van der Waals surface area contributed by atoms with Crippen molar-refractivity contribution in [3.8, 4) is 11.5 Å². The number of carbonyl (C=O) groups is 1. The first-order valence-corrected chi connectivity index (χ1v) is 5.90. The summed E-state index contributed by atoms with van der Waals surface area (Å²) in [7, 11) is 1.28. The van der Waals surface area contributed by atoms with Gasteiger partial charge in [0, 0.05) is 5.69 Å². The Bertz CT molecular complexity index is 599. The quantitative estimate of drug-likeness (QED) is 0.689. The van der Waals surface area contributed by atoms with Crippen LogP contribution in [0.2, 0.25) is 5.02 Å². The fraction of sp³-hybridized carbons (Fsp3) is 0.0714. The third-order valence-corrected chi connectivity index (χ3v) is 2.72. The summed E-state index contributed by atoms with van der Waals surface area (Å²) in [5.41, 5.74) is 6.22. The molecule has 0 saturated carbocycles. The first-order valence-electron chi connectivity index (χ1n) is 5.52. The third-order valence-electron chi connectivity index (χ3n) is 2.43. The summed E-state index contributed by atoms with van der Waals surface area (Å²) in [5, 5.41) is 0.254. The molecule has 19 heavy (non-hydrogen) atoms. The predicted octanol–water partition coefficient (Wildman–Crippen LogP) is 3.50. The molecule has 0 saturated heterocycles. The molecule has 0 aliphatic heterocycles. The number of ether oxygens (including phenoxy) is 2. The zero-order valence-corrected chi connectivity index (χ0v) is 11.0. The van der Waals surface area contributed by atoms with Gasteiger partial charge in [0.1, 0.15) is 11.3 Å². The number of benzene rings is 2. The molecule has 0 fully saturated rings. The number of hydrogen-bond acceptors (Lipinski definition) is 4. The van der Waals surface area contributed by atoms with Crippen LogP contribution in [0.1, 0.15) is 10.4 Å². The van der Waals surface area contributed by atoms with Crippen molar-refractivity contribution in [2.75, 3.05) is 12.8 Å². The van der Waals surface area contributed by atoms with Crippen LogP contribution in [0.5, 0.6) is 11.5 Å². The highest BCUT2D eigenvalue weighted by molar-refractivity contribution is 6.33. The number of nitrogen functional groups attached to an aromatic ring is 1. The number of nitrogens with two attached hydrogens (primary N) is 1. The van der Waals surface area contributed by atoms with Crippen molar-refractivity contribution < 1.29 is 14.3 Å². The molecule has 0 aromatic heterocycles. The standard InChI is InChI=1S/C14H12ClNO3/c1-18-14(17)11-7-9(16)8-12(15)13(11)19-10-5-3-2-4-6-10/h2-8H,16H2,1H3. The second-order valence-electron chi connectivity index (χ2n) is 3.79. The van der Waals surface area contributed by atoms with E-state index >= 15 is 0 Å². The fourth-order valence-electron chi connectivity index (χ4n) is 1.59. The maximum Gasteiger partial charge on any atom is 0.341 e. The lowest BCUT2D eigenvalue weighted by molar-refractivity contribution is 0.0598. The van der Waals surface area contributed by atoms with Crippen molar-refractivity contribution in [1.82, 2.24) is 0 Å². The van der Waals surface area contributed by atoms with E-state index in [1.807, 2.05) is 18.2 Å². The van der Waals surface area contributed by atoms with Gasteiger partial charge >= 0.3 is 5.97 Å². The van der Waals surface area contributed by atoms with Gasteiger partial charge in [0.2, 0.25) is 0 Å². The van der Waals surface area contributed by atoms with Crippen LogP contribution in [0.15, 0.2) is 42.5 Å². The summed E-state index contributed by atoms with van der Waals surface area (Å²) in [6.07, 6.45) is 0. The van der Waals surface area contributed by atoms with Crippen LogP contribution in [0.3, 0.4) is 0 Å². The number of rotatable bonds is 3. The first-order chi connectivity index (χ1) is 9.11. The van der Waals surface area contributed by atoms with Gasteiger partial charge in [0.15, 0.2) is 5.75 Å². The van der Waals surface area contributed by atoms with E-state index in [4.69, 9.17) is 26.8 Å². The molecule has 5 heteroatoms. The Morgan fingerprint density at radius 1 is 1.21 bits per heavy atom. The minimum atomic E-state index is -0.555. The number of carbonyl (C=O) groups excluding carboxylic acids is 1. The van der Waals surface area contributed by atoms with Gasteiger partial charge in [-0.25, -0.2) is 4.79 Å². The lowest BCUT2D eigenvalue weighted by Crippen LogP contribution is -2.05. The minimum absolute atomic E-state index is 0.191. The smallest absolute Gasteiger partial charge is 0.341 e. The molecule has 2 rings (SSSR count). The van der Waals surface area contributed by atoms with Gasteiger partial charge in [-0.2, -0.15) is 0 Å². The van der Waals surface area contributed by atoms with Crippen LogP contribution in [0, 0.1) is 0 Å². The largest absolute Gasteiger partial charge is 0.465 e. The molecule has 0 aliphatic rings. The summed E-state index contributed by atoms with van der Waals surface area (Å²) in [4.78, 5) is 11.7. The maximum atomic E-state index is 11.7. The van der Waals surface area contributed by atoms with E-state index < -0.39 is 5.97 Å². The molecule has 0 unspecified atom stereocenters. The number of methoxy groups -OCH3 is 1. The van der Waals surface area contributed by atoms with Crippen LogP contribution < -0.4 is 10.5 Å². The second kappa shape index (κ2) is 5.63. The maximum absolute atomic E-state index is 11.7. The van der Waals surface area contributed by atoms with E-state index in [1.54, 1.807) is 12.1 Å². The first kappa shape index (κ1) is 13.2. The molecule has 2 aromatic carbocycles. The molecule has 2 aromatic rings. The Morgan fingerprint density at radius 3 is 2.53 bits per heavy atom. The van der Waals surface area contributed by atoms with E-state index in [-0.39, 0.29) is 16.3 Å². The zero-order chi connectivity index (χ0) is 13.8. The molecule has 0 amide bonds. The predicted molar refractivity (Wildman–Crippen MR) is 73.7 cm³/mol. The Kier molecular flexibility index (Phi) is 3.92. The Labute approximate surface area is 115 Å². The minimum Gasteiger partial charge on any atom is -0.465 e. The molecule has 4 nitrogen and oxygen atoms in total. The Balaban J connectivity index is 2.46.